The fourth-order valence-electron chi connectivity index (χ4n) is 4.56. The van der Waals surface area contributed by atoms with Crippen LogP contribution < -0.4 is 5.73 Å². The normalized spacial score (nSPS) is 15.8. The summed E-state index contributed by atoms with van der Waals surface area (Å²) < 4.78 is 0. The van der Waals surface area contributed by atoms with Crippen molar-refractivity contribution in [2.75, 3.05) is 12.3 Å². The van der Waals surface area contributed by atoms with Gasteiger partial charge in [-0.3, -0.25) is 4.79 Å². The Morgan fingerprint density at radius 3 is 2.80 bits per heavy atom. The highest BCUT2D eigenvalue weighted by atomic mass is 16.2. The van der Waals surface area contributed by atoms with Crippen molar-refractivity contribution in [3.05, 3.63) is 77.5 Å². The van der Waals surface area contributed by atoms with E-state index < -0.39 is 0 Å². The van der Waals surface area contributed by atoms with Crippen LogP contribution in [-0.4, -0.2) is 22.3 Å². The molecule has 3 aromatic rings. The quantitative estimate of drug-likeness (QED) is 0.617. The molecule has 5 rings (SSSR count). The SMILES string of the molecule is Cc1cccc(C(=O)N2C=CCC2)c1-c1ccc2nc(N)c(C3=CCCC3)cc2c1. The Bertz CT molecular complexity index is 1220. The molecule has 4 heteroatoms. The van der Waals surface area contributed by atoms with Gasteiger partial charge in [0.2, 0.25) is 0 Å². The number of aryl methyl sites for hydroxylation is 1. The zero-order chi connectivity index (χ0) is 20.7. The van der Waals surface area contributed by atoms with Gasteiger partial charge in [-0.25, -0.2) is 4.98 Å². The second-order valence-corrected chi connectivity index (χ2v) is 8.12. The fraction of sp³-hybridized carbons (Fsp3) is 0.231. The van der Waals surface area contributed by atoms with E-state index in [2.05, 4.69) is 36.2 Å². The van der Waals surface area contributed by atoms with Gasteiger partial charge in [0.15, 0.2) is 0 Å². The summed E-state index contributed by atoms with van der Waals surface area (Å²) in [5.74, 6) is 0.644. The van der Waals surface area contributed by atoms with Gasteiger partial charge in [0.25, 0.3) is 5.91 Å². The number of nitrogens with zero attached hydrogens (tertiary/aromatic N) is 2. The number of rotatable bonds is 3. The highest BCUT2D eigenvalue weighted by Gasteiger charge is 2.21. The van der Waals surface area contributed by atoms with Crippen molar-refractivity contribution in [3.63, 3.8) is 0 Å². The third kappa shape index (κ3) is 3.18. The average molecular weight is 396 g/mol. The highest BCUT2D eigenvalue weighted by molar-refractivity contribution is 6.03. The molecule has 1 aliphatic heterocycles. The Kier molecular flexibility index (Phi) is 4.62. The molecule has 30 heavy (non-hydrogen) atoms. The first-order chi connectivity index (χ1) is 14.6. The number of hydrogen-bond acceptors (Lipinski definition) is 3. The van der Waals surface area contributed by atoms with Gasteiger partial charge in [0.1, 0.15) is 5.82 Å². The van der Waals surface area contributed by atoms with Crippen LogP contribution in [0.3, 0.4) is 0 Å². The molecule has 1 aromatic heterocycles. The van der Waals surface area contributed by atoms with Crippen LogP contribution in [0.25, 0.3) is 27.6 Å². The molecular weight excluding hydrogens is 370 g/mol. The van der Waals surface area contributed by atoms with E-state index in [1.807, 2.05) is 36.5 Å². The van der Waals surface area contributed by atoms with Gasteiger partial charge in [0.05, 0.1) is 5.52 Å². The fourth-order valence-corrected chi connectivity index (χ4v) is 4.56. The molecule has 0 bridgehead atoms. The molecule has 2 N–H and O–H groups in total. The molecule has 0 saturated carbocycles. The number of amides is 1. The van der Waals surface area contributed by atoms with Crippen molar-refractivity contribution < 1.29 is 4.79 Å². The van der Waals surface area contributed by atoms with Crippen LogP contribution in [0.2, 0.25) is 0 Å². The van der Waals surface area contributed by atoms with Crippen LogP contribution in [0.5, 0.6) is 0 Å². The second-order valence-electron chi connectivity index (χ2n) is 8.12. The van der Waals surface area contributed by atoms with Gasteiger partial charge >= 0.3 is 0 Å². The van der Waals surface area contributed by atoms with Gasteiger partial charge in [-0.15, -0.1) is 0 Å². The van der Waals surface area contributed by atoms with E-state index in [1.165, 1.54) is 12.0 Å². The van der Waals surface area contributed by atoms with Crippen molar-refractivity contribution in [1.82, 2.24) is 9.88 Å². The maximum atomic E-state index is 13.2. The summed E-state index contributed by atoms with van der Waals surface area (Å²) in [6, 6.07) is 14.3. The molecule has 4 nitrogen and oxygen atoms in total. The molecule has 1 amide bonds. The van der Waals surface area contributed by atoms with Gasteiger partial charge in [0, 0.05) is 29.3 Å². The highest BCUT2D eigenvalue weighted by Crippen LogP contribution is 2.35. The van der Waals surface area contributed by atoms with Gasteiger partial charge in [-0.1, -0.05) is 30.4 Å². The molecule has 150 valence electrons. The standard InChI is InChI=1S/C26H25N3O/c1-17-7-6-10-21(26(30)29-13-4-5-14-29)24(17)19-11-12-23-20(15-19)16-22(25(27)28-23)18-8-2-3-9-18/h4,6-8,10-13,15-16H,2-3,5,9,14H2,1H3,(H2,27,28). The van der Waals surface area contributed by atoms with Crippen molar-refractivity contribution >= 4 is 28.2 Å². The molecule has 0 atom stereocenters. The molecule has 1 aliphatic carbocycles. The van der Waals surface area contributed by atoms with E-state index in [1.54, 1.807) is 4.90 Å². The first-order valence-electron chi connectivity index (χ1n) is 10.6. The lowest BCUT2D eigenvalue weighted by Gasteiger charge is -2.18. The number of fused-ring (bicyclic) bond motifs is 1. The first kappa shape index (κ1) is 18.6. The third-order valence-corrected chi connectivity index (χ3v) is 6.11. The van der Waals surface area contributed by atoms with Crippen molar-refractivity contribution in [1.29, 1.82) is 0 Å². The number of nitrogen functional groups attached to an aromatic ring is 1. The maximum Gasteiger partial charge on any atom is 0.258 e. The summed E-state index contributed by atoms with van der Waals surface area (Å²) in [7, 11) is 0. The van der Waals surface area contributed by atoms with E-state index in [0.29, 0.717) is 5.82 Å². The molecule has 0 unspecified atom stereocenters. The van der Waals surface area contributed by atoms with E-state index in [-0.39, 0.29) is 5.91 Å². The lowest BCUT2D eigenvalue weighted by atomic mass is 9.93. The Balaban J connectivity index is 1.64. The van der Waals surface area contributed by atoms with Gasteiger partial charge < -0.3 is 10.6 Å². The lowest BCUT2D eigenvalue weighted by Crippen LogP contribution is -2.24. The Hall–Kier alpha value is -3.40. The number of hydrogen-bond donors (Lipinski definition) is 1. The second kappa shape index (κ2) is 7.45. The number of anilines is 1. The largest absolute Gasteiger partial charge is 0.383 e. The van der Waals surface area contributed by atoms with Crippen LogP contribution >= 0.6 is 0 Å². The number of pyridine rings is 1. The number of carbonyl (C=O) groups excluding carboxylic acids is 1. The molecule has 0 saturated heterocycles. The first-order valence-corrected chi connectivity index (χ1v) is 10.6. The topological polar surface area (TPSA) is 59.2 Å². The minimum absolute atomic E-state index is 0.0507. The number of benzene rings is 2. The minimum Gasteiger partial charge on any atom is -0.383 e. The number of nitrogens with two attached hydrogens (primary N) is 1. The zero-order valence-electron chi connectivity index (χ0n) is 17.2. The lowest BCUT2D eigenvalue weighted by molar-refractivity contribution is 0.0834. The number of allylic oxidation sites excluding steroid dienone is 2. The minimum atomic E-state index is 0.0507. The van der Waals surface area contributed by atoms with Crippen molar-refractivity contribution in [2.45, 2.75) is 32.6 Å². The third-order valence-electron chi connectivity index (χ3n) is 6.11. The van der Waals surface area contributed by atoms with E-state index >= 15 is 0 Å². The summed E-state index contributed by atoms with van der Waals surface area (Å²) in [5.41, 5.74) is 13.3. The molecule has 2 aliphatic rings. The van der Waals surface area contributed by atoms with Crippen LogP contribution in [0, 0.1) is 6.92 Å². The Morgan fingerprint density at radius 1 is 1.13 bits per heavy atom. The summed E-state index contributed by atoms with van der Waals surface area (Å²) in [6.45, 7) is 2.80. The Labute approximate surface area is 176 Å². The van der Waals surface area contributed by atoms with Crippen LogP contribution in [0.15, 0.2) is 60.8 Å². The van der Waals surface area contributed by atoms with Crippen LogP contribution in [0.4, 0.5) is 5.82 Å². The molecule has 0 fully saturated rings. The smallest absolute Gasteiger partial charge is 0.258 e. The zero-order valence-corrected chi connectivity index (χ0v) is 17.2. The Morgan fingerprint density at radius 2 is 2.03 bits per heavy atom. The van der Waals surface area contributed by atoms with Crippen molar-refractivity contribution in [2.24, 2.45) is 0 Å². The van der Waals surface area contributed by atoms with Gasteiger partial charge in [-0.05, 0) is 79.1 Å². The monoisotopic (exact) mass is 395 g/mol. The average Bonchev–Trinajstić information content (AvgIpc) is 3.46. The summed E-state index contributed by atoms with van der Waals surface area (Å²) in [6.07, 6.45) is 10.4. The maximum absolute atomic E-state index is 13.2. The van der Waals surface area contributed by atoms with Crippen LogP contribution in [0.1, 0.15) is 47.2 Å². The molecular formula is C26H25N3O. The van der Waals surface area contributed by atoms with E-state index in [9.17, 15) is 4.79 Å². The van der Waals surface area contributed by atoms with Crippen molar-refractivity contribution in [3.8, 4) is 11.1 Å². The predicted molar refractivity (Wildman–Crippen MR) is 123 cm³/mol. The molecule has 0 spiro atoms. The number of carbonyl (C=O) groups is 1. The molecule has 2 heterocycles. The molecule has 2 aromatic carbocycles. The molecule has 0 radical (unpaired) electrons. The summed E-state index contributed by atoms with van der Waals surface area (Å²) >= 11 is 0. The predicted octanol–water partition coefficient (Wildman–Crippen LogP) is 5.72. The van der Waals surface area contributed by atoms with E-state index in [0.717, 1.165) is 64.5 Å². The number of aromatic nitrogens is 1. The summed E-state index contributed by atoms with van der Waals surface area (Å²) in [4.78, 5) is 19.6. The van der Waals surface area contributed by atoms with Crippen LogP contribution in [-0.2, 0) is 0 Å². The van der Waals surface area contributed by atoms with E-state index in [4.69, 9.17) is 5.73 Å². The van der Waals surface area contributed by atoms with Gasteiger partial charge in [-0.2, -0.15) is 0 Å². The summed E-state index contributed by atoms with van der Waals surface area (Å²) in [5, 5.41) is 1.05.